The van der Waals surface area contributed by atoms with Crippen molar-refractivity contribution in [3.63, 3.8) is 0 Å². The fourth-order valence-corrected chi connectivity index (χ4v) is 2.22. The molecular weight excluding hydrogens is 266 g/mol. The van der Waals surface area contributed by atoms with E-state index in [1.165, 1.54) is 5.56 Å². The number of hydrogen-bond donors (Lipinski definition) is 1. The van der Waals surface area contributed by atoms with Gasteiger partial charge in [0.2, 0.25) is 0 Å². The summed E-state index contributed by atoms with van der Waals surface area (Å²) in [7, 11) is 0. The SMILES string of the molecule is NCCN(Cc1ccccc1)Cc1ccc([N+](=O)[O-])cc1. The van der Waals surface area contributed by atoms with Crippen LogP contribution in [0.4, 0.5) is 5.69 Å². The van der Waals surface area contributed by atoms with Gasteiger partial charge in [-0.25, -0.2) is 0 Å². The smallest absolute Gasteiger partial charge is 0.269 e. The maximum absolute atomic E-state index is 10.7. The lowest BCUT2D eigenvalue weighted by Gasteiger charge is -2.21. The van der Waals surface area contributed by atoms with Crippen LogP contribution in [0.5, 0.6) is 0 Å². The standard InChI is InChI=1S/C16H19N3O2/c17-10-11-18(12-14-4-2-1-3-5-14)13-15-6-8-16(9-7-15)19(20)21/h1-9H,10-13,17H2. The zero-order valence-corrected chi connectivity index (χ0v) is 11.8. The molecule has 2 rings (SSSR count). The molecule has 5 nitrogen and oxygen atoms in total. The third-order valence-corrected chi connectivity index (χ3v) is 3.25. The zero-order chi connectivity index (χ0) is 15.1. The molecule has 0 aliphatic carbocycles. The molecule has 0 aromatic heterocycles. The van der Waals surface area contributed by atoms with Gasteiger partial charge in [0.05, 0.1) is 4.92 Å². The average molecular weight is 285 g/mol. The van der Waals surface area contributed by atoms with Crippen LogP contribution in [0.3, 0.4) is 0 Å². The molecule has 0 saturated carbocycles. The van der Waals surface area contributed by atoms with E-state index >= 15 is 0 Å². The molecule has 0 amide bonds. The van der Waals surface area contributed by atoms with Crippen molar-refractivity contribution >= 4 is 5.69 Å². The monoisotopic (exact) mass is 285 g/mol. The van der Waals surface area contributed by atoms with Crippen molar-refractivity contribution in [2.75, 3.05) is 13.1 Å². The first-order chi connectivity index (χ1) is 10.2. The van der Waals surface area contributed by atoms with Gasteiger partial charge >= 0.3 is 0 Å². The Kier molecular flexibility index (Phi) is 5.43. The van der Waals surface area contributed by atoms with Crippen molar-refractivity contribution in [3.8, 4) is 0 Å². The van der Waals surface area contributed by atoms with Crippen molar-refractivity contribution in [2.45, 2.75) is 13.1 Å². The van der Waals surface area contributed by atoms with E-state index in [4.69, 9.17) is 5.73 Å². The van der Waals surface area contributed by atoms with E-state index < -0.39 is 0 Å². The van der Waals surface area contributed by atoms with E-state index in [-0.39, 0.29) is 10.6 Å². The molecule has 2 aromatic rings. The van der Waals surface area contributed by atoms with E-state index in [9.17, 15) is 10.1 Å². The Balaban J connectivity index is 2.03. The van der Waals surface area contributed by atoms with Gasteiger partial charge in [-0.3, -0.25) is 15.0 Å². The molecule has 0 spiro atoms. The Morgan fingerprint density at radius 2 is 1.52 bits per heavy atom. The number of rotatable bonds is 7. The molecule has 0 unspecified atom stereocenters. The molecule has 0 heterocycles. The van der Waals surface area contributed by atoms with E-state index in [1.807, 2.05) is 18.2 Å². The van der Waals surface area contributed by atoms with Crippen molar-refractivity contribution in [1.82, 2.24) is 4.90 Å². The maximum Gasteiger partial charge on any atom is 0.269 e. The van der Waals surface area contributed by atoms with Crippen molar-refractivity contribution in [1.29, 1.82) is 0 Å². The average Bonchev–Trinajstić information content (AvgIpc) is 2.49. The molecule has 21 heavy (non-hydrogen) atoms. The molecule has 0 radical (unpaired) electrons. The van der Waals surface area contributed by atoms with Crippen molar-refractivity contribution in [3.05, 3.63) is 75.8 Å². The Hall–Kier alpha value is -2.24. The van der Waals surface area contributed by atoms with Gasteiger partial charge < -0.3 is 5.73 Å². The zero-order valence-electron chi connectivity index (χ0n) is 11.8. The predicted molar refractivity (Wildman–Crippen MR) is 82.7 cm³/mol. The lowest BCUT2D eigenvalue weighted by atomic mass is 10.1. The Morgan fingerprint density at radius 1 is 0.952 bits per heavy atom. The summed E-state index contributed by atoms with van der Waals surface area (Å²) in [6.45, 7) is 2.91. The molecule has 0 aliphatic rings. The van der Waals surface area contributed by atoms with E-state index in [1.54, 1.807) is 24.3 Å². The summed E-state index contributed by atoms with van der Waals surface area (Å²) in [5.41, 5.74) is 8.06. The summed E-state index contributed by atoms with van der Waals surface area (Å²) in [5.74, 6) is 0. The number of nitro groups is 1. The van der Waals surface area contributed by atoms with Crippen molar-refractivity contribution < 1.29 is 4.92 Å². The first-order valence-electron chi connectivity index (χ1n) is 6.88. The highest BCUT2D eigenvalue weighted by Crippen LogP contribution is 2.14. The number of nitrogens with two attached hydrogens (primary N) is 1. The topological polar surface area (TPSA) is 72.4 Å². The minimum atomic E-state index is -0.384. The highest BCUT2D eigenvalue weighted by molar-refractivity contribution is 5.32. The summed E-state index contributed by atoms with van der Waals surface area (Å²) in [6, 6.07) is 16.9. The summed E-state index contributed by atoms with van der Waals surface area (Å²) in [5, 5.41) is 10.7. The van der Waals surface area contributed by atoms with Crippen LogP contribution in [0.2, 0.25) is 0 Å². The van der Waals surface area contributed by atoms with Gasteiger partial charge in [-0.05, 0) is 11.1 Å². The molecule has 2 N–H and O–H groups in total. The van der Waals surface area contributed by atoms with Gasteiger partial charge in [-0.15, -0.1) is 0 Å². The van der Waals surface area contributed by atoms with Crippen LogP contribution in [0.25, 0.3) is 0 Å². The number of hydrogen-bond acceptors (Lipinski definition) is 4. The summed E-state index contributed by atoms with van der Waals surface area (Å²) >= 11 is 0. The lowest BCUT2D eigenvalue weighted by molar-refractivity contribution is -0.384. The maximum atomic E-state index is 10.7. The van der Waals surface area contributed by atoms with Gasteiger partial charge in [0.15, 0.2) is 0 Å². The number of nitro benzene ring substituents is 1. The number of benzene rings is 2. The molecular formula is C16H19N3O2. The Labute approximate surface area is 124 Å². The third-order valence-electron chi connectivity index (χ3n) is 3.25. The number of non-ortho nitro benzene ring substituents is 1. The second kappa shape index (κ2) is 7.52. The van der Waals surface area contributed by atoms with Crippen LogP contribution in [-0.4, -0.2) is 22.9 Å². The Bertz CT molecular complexity index is 570. The summed E-state index contributed by atoms with van der Waals surface area (Å²) in [6.07, 6.45) is 0. The van der Waals surface area contributed by atoms with Crippen molar-refractivity contribution in [2.24, 2.45) is 5.73 Å². The van der Waals surface area contributed by atoms with E-state index in [0.29, 0.717) is 6.54 Å². The molecule has 0 atom stereocenters. The predicted octanol–water partition coefficient (Wildman–Crippen LogP) is 2.56. The molecule has 110 valence electrons. The van der Waals surface area contributed by atoms with Gasteiger partial charge in [0.1, 0.15) is 0 Å². The van der Waals surface area contributed by atoms with Crippen LogP contribution in [0.15, 0.2) is 54.6 Å². The van der Waals surface area contributed by atoms with Crippen LogP contribution >= 0.6 is 0 Å². The quantitative estimate of drug-likeness (QED) is 0.627. The summed E-state index contributed by atoms with van der Waals surface area (Å²) in [4.78, 5) is 12.5. The van der Waals surface area contributed by atoms with E-state index in [2.05, 4.69) is 17.0 Å². The van der Waals surface area contributed by atoms with Crippen LogP contribution in [0, 0.1) is 10.1 Å². The molecule has 0 bridgehead atoms. The van der Waals surface area contributed by atoms with Gasteiger partial charge in [-0.1, -0.05) is 42.5 Å². The minimum Gasteiger partial charge on any atom is -0.329 e. The van der Waals surface area contributed by atoms with Crippen LogP contribution in [0.1, 0.15) is 11.1 Å². The van der Waals surface area contributed by atoms with Crippen LogP contribution < -0.4 is 5.73 Å². The number of nitrogens with zero attached hydrogens (tertiary/aromatic N) is 2. The normalized spacial score (nSPS) is 10.8. The second-order valence-electron chi connectivity index (χ2n) is 4.91. The minimum absolute atomic E-state index is 0.118. The second-order valence-corrected chi connectivity index (χ2v) is 4.91. The molecule has 2 aromatic carbocycles. The summed E-state index contributed by atoms with van der Waals surface area (Å²) < 4.78 is 0. The largest absolute Gasteiger partial charge is 0.329 e. The van der Waals surface area contributed by atoms with Gasteiger partial charge in [0.25, 0.3) is 5.69 Å². The van der Waals surface area contributed by atoms with Gasteiger partial charge in [0, 0.05) is 38.3 Å². The highest BCUT2D eigenvalue weighted by Gasteiger charge is 2.08. The van der Waals surface area contributed by atoms with Crippen LogP contribution in [-0.2, 0) is 13.1 Å². The molecule has 0 saturated heterocycles. The molecule has 5 heteroatoms. The lowest BCUT2D eigenvalue weighted by Crippen LogP contribution is -2.28. The molecule has 0 aliphatic heterocycles. The molecule has 0 fully saturated rings. The third kappa shape index (κ3) is 4.66. The Morgan fingerprint density at radius 3 is 2.05 bits per heavy atom. The fourth-order valence-electron chi connectivity index (χ4n) is 2.22. The van der Waals surface area contributed by atoms with E-state index in [0.717, 1.165) is 25.2 Å². The van der Waals surface area contributed by atoms with Gasteiger partial charge in [-0.2, -0.15) is 0 Å². The first kappa shape index (κ1) is 15.2. The fraction of sp³-hybridized carbons (Fsp3) is 0.250. The highest BCUT2D eigenvalue weighted by atomic mass is 16.6. The first-order valence-corrected chi connectivity index (χ1v) is 6.88.